The molecule has 1 aromatic heterocycles. The number of aryl methyl sites for hydroxylation is 4. The van der Waals surface area contributed by atoms with Gasteiger partial charge in [-0.3, -0.25) is 0 Å². The monoisotopic (exact) mass is 242 g/mol. The average Bonchev–Trinajstić information content (AvgIpc) is 2.24. The zero-order valence-electron chi connectivity index (χ0n) is 12.5. The standard InChI is InChI=1S/C16H22N2/c1-8(2)14-9(3)10(4)16-15(11(14)5)12(6)17-13(7)18-16/h8H,1-7H3. The highest BCUT2D eigenvalue weighted by Crippen LogP contribution is 2.33. The molecular formula is C16H22N2. The van der Waals surface area contributed by atoms with E-state index in [0.717, 1.165) is 17.0 Å². The van der Waals surface area contributed by atoms with Crippen molar-refractivity contribution in [3.63, 3.8) is 0 Å². The van der Waals surface area contributed by atoms with Gasteiger partial charge in [-0.2, -0.15) is 0 Å². The third-order valence-corrected chi connectivity index (χ3v) is 3.88. The number of hydrogen-bond donors (Lipinski definition) is 0. The Morgan fingerprint density at radius 3 is 1.94 bits per heavy atom. The van der Waals surface area contributed by atoms with Crippen LogP contribution in [0.5, 0.6) is 0 Å². The van der Waals surface area contributed by atoms with E-state index in [2.05, 4.69) is 51.5 Å². The lowest BCUT2D eigenvalue weighted by molar-refractivity contribution is 0.845. The van der Waals surface area contributed by atoms with Crippen molar-refractivity contribution in [1.29, 1.82) is 0 Å². The second-order valence-electron chi connectivity index (χ2n) is 5.52. The molecule has 18 heavy (non-hydrogen) atoms. The van der Waals surface area contributed by atoms with E-state index in [9.17, 15) is 0 Å². The first kappa shape index (κ1) is 13.0. The number of nitrogens with zero attached hydrogens (tertiary/aromatic N) is 2. The van der Waals surface area contributed by atoms with Gasteiger partial charge in [-0.15, -0.1) is 0 Å². The van der Waals surface area contributed by atoms with E-state index in [-0.39, 0.29) is 0 Å². The summed E-state index contributed by atoms with van der Waals surface area (Å²) in [5.41, 5.74) is 7.70. The van der Waals surface area contributed by atoms with E-state index >= 15 is 0 Å². The minimum Gasteiger partial charge on any atom is -0.238 e. The molecule has 0 atom stereocenters. The second kappa shape index (κ2) is 4.34. The Morgan fingerprint density at radius 2 is 1.39 bits per heavy atom. The van der Waals surface area contributed by atoms with Crippen LogP contribution in [0.25, 0.3) is 10.9 Å². The van der Waals surface area contributed by atoms with Gasteiger partial charge in [0.25, 0.3) is 0 Å². The molecule has 0 radical (unpaired) electrons. The molecule has 96 valence electrons. The van der Waals surface area contributed by atoms with Crippen LogP contribution < -0.4 is 0 Å². The van der Waals surface area contributed by atoms with Gasteiger partial charge in [0.2, 0.25) is 0 Å². The summed E-state index contributed by atoms with van der Waals surface area (Å²) in [5, 5.41) is 1.24. The van der Waals surface area contributed by atoms with Crippen molar-refractivity contribution >= 4 is 10.9 Å². The van der Waals surface area contributed by atoms with Crippen LogP contribution in [0.15, 0.2) is 0 Å². The Kier molecular flexibility index (Phi) is 3.14. The molecule has 0 spiro atoms. The van der Waals surface area contributed by atoms with E-state index in [1.807, 2.05) is 6.92 Å². The van der Waals surface area contributed by atoms with Crippen LogP contribution in [0.4, 0.5) is 0 Å². The highest BCUT2D eigenvalue weighted by atomic mass is 14.9. The molecule has 0 aliphatic carbocycles. The molecular weight excluding hydrogens is 220 g/mol. The minimum atomic E-state index is 0.536. The lowest BCUT2D eigenvalue weighted by Gasteiger charge is -2.20. The average molecular weight is 242 g/mol. The summed E-state index contributed by atoms with van der Waals surface area (Å²) in [6.07, 6.45) is 0. The van der Waals surface area contributed by atoms with Crippen LogP contribution in [0.2, 0.25) is 0 Å². The zero-order chi connectivity index (χ0) is 13.6. The third kappa shape index (κ3) is 1.80. The fourth-order valence-electron chi connectivity index (χ4n) is 3.09. The highest BCUT2D eigenvalue weighted by Gasteiger charge is 2.17. The van der Waals surface area contributed by atoms with Gasteiger partial charge in [-0.05, 0) is 62.8 Å². The van der Waals surface area contributed by atoms with Crippen molar-refractivity contribution in [2.75, 3.05) is 0 Å². The molecule has 0 unspecified atom stereocenters. The smallest absolute Gasteiger partial charge is 0.126 e. The molecule has 0 aliphatic heterocycles. The predicted octanol–water partition coefficient (Wildman–Crippen LogP) is 4.30. The molecule has 0 saturated heterocycles. The number of rotatable bonds is 1. The molecule has 0 aliphatic rings. The Morgan fingerprint density at radius 1 is 0.778 bits per heavy atom. The number of fused-ring (bicyclic) bond motifs is 1. The van der Waals surface area contributed by atoms with Gasteiger partial charge in [-0.1, -0.05) is 13.8 Å². The lowest BCUT2D eigenvalue weighted by atomic mass is 9.87. The van der Waals surface area contributed by atoms with E-state index in [0.29, 0.717) is 5.92 Å². The molecule has 2 aromatic rings. The molecule has 2 heteroatoms. The summed E-state index contributed by atoms with van der Waals surface area (Å²) < 4.78 is 0. The number of benzene rings is 1. The molecule has 0 amide bonds. The molecule has 0 fully saturated rings. The van der Waals surface area contributed by atoms with Gasteiger partial charge < -0.3 is 0 Å². The molecule has 2 nitrogen and oxygen atoms in total. The van der Waals surface area contributed by atoms with Crippen molar-refractivity contribution < 1.29 is 0 Å². The summed E-state index contributed by atoms with van der Waals surface area (Å²) in [6.45, 7) is 15.2. The van der Waals surface area contributed by atoms with Crippen molar-refractivity contribution in [2.45, 2.75) is 54.4 Å². The number of hydrogen-bond acceptors (Lipinski definition) is 2. The molecule has 0 bridgehead atoms. The normalized spacial score (nSPS) is 11.6. The summed E-state index contributed by atoms with van der Waals surface area (Å²) in [7, 11) is 0. The Balaban J connectivity index is 3.03. The summed E-state index contributed by atoms with van der Waals surface area (Å²) in [6, 6.07) is 0. The van der Waals surface area contributed by atoms with E-state index in [4.69, 9.17) is 0 Å². The Bertz CT molecular complexity index is 625. The minimum absolute atomic E-state index is 0.536. The van der Waals surface area contributed by atoms with Crippen LogP contribution in [0.3, 0.4) is 0 Å². The van der Waals surface area contributed by atoms with E-state index < -0.39 is 0 Å². The molecule has 0 N–H and O–H groups in total. The first-order valence-electron chi connectivity index (χ1n) is 6.59. The largest absolute Gasteiger partial charge is 0.238 e. The Labute approximate surface area is 109 Å². The second-order valence-corrected chi connectivity index (χ2v) is 5.52. The molecule has 1 heterocycles. The van der Waals surface area contributed by atoms with Crippen LogP contribution in [0, 0.1) is 34.6 Å². The zero-order valence-corrected chi connectivity index (χ0v) is 12.5. The summed E-state index contributed by atoms with van der Waals surface area (Å²) in [4.78, 5) is 9.17. The van der Waals surface area contributed by atoms with E-state index in [1.54, 1.807) is 0 Å². The van der Waals surface area contributed by atoms with Gasteiger partial charge in [0.05, 0.1) is 5.52 Å². The summed E-state index contributed by atoms with van der Waals surface area (Å²) in [5.74, 6) is 1.40. The van der Waals surface area contributed by atoms with Gasteiger partial charge in [0.1, 0.15) is 5.82 Å². The van der Waals surface area contributed by atoms with Gasteiger partial charge in [0.15, 0.2) is 0 Å². The fraction of sp³-hybridized carbons (Fsp3) is 0.500. The lowest BCUT2D eigenvalue weighted by Crippen LogP contribution is -2.05. The van der Waals surface area contributed by atoms with Crippen LogP contribution in [0.1, 0.15) is 53.5 Å². The highest BCUT2D eigenvalue weighted by molar-refractivity contribution is 5.89. The van der Waals surface area contributed by atoms with Crippen LogP contribution >= 0.6 is 0 Å². The van der Waals surface area contributed by atoms with Gasteiger partial charge in [-0.25, -0.2) is 9.97 Å². The first-order valence-corrected chi connectivity index (χ1v) is 6.59. The predicted molar refractivity (Wildman–Crippen MR) is 77.3 cm³/mol. The van der Waals surface area contributed by atoms with Crippen LogP contribution in [-0.2, 0) is 0 Å². The van der Waals surface area contributed by atoms with Crippen molar-refractivity contribution in [1.82, 2.24) is 9.97 Å². The first-order chi connectivity index (χ1) is 8.34. The van der Waals surface area contributed by atoms with Gasteiger partial charge in [0, 0.05) is 11.1 Å². The fourth-order valence-corrected chi connectivity index (χ4v) is 3.09. The SMILES string of the molecule is Cc1nc(C)c2c(C)c(C(C)C)c(C)c(C)c2n1. The van der Waals surface area contributed by atoms with Gasteiger partial charge >= 0.3 is 0 Å². The molecule has 0 saturated carbocycles. The molecule has 2 rings (SSSR count). The quantitative estimate of drug-likeness (QED) is 0.745. The van der Waals surface area contributed by atoms with Crippen molar-refractivity contribution in [3.8, 4) is 0 Å². The molecule has 1 aromatic carbocycles. The summed E-state index contributed by atoms with van der Waals surface area (Å²) >= 11 is 0. The van der Waals surface area contributed by atoms with Crippen molar-refractivity contribution in [2.24, 2.45) is 0 Å². The number of aromatic nitrogens is 2. The Hall–Kier alpha value is -1.44. The maximum atomic E-state index is 4.65. The van der Waals surface area contributed by atoms with E-state index in [1.165, 1.54) is 27.6 Å². The maximum absolute atomic E-state index is 4.65. The van der Waals surface area contributed by atoms with Crippen LogP contribution in [-0.4, -0.2) is 9.97 Å². The van der Waals surface area contributed by atoms with Crippen molar-refractivity contribution in [3.05, 3.63) is 33.8 Å². The maximum Gasteiger partial charge on any atom is 0.126 e. The topological polar surface area (TPSA) is 25.8 Å². The third-order valence-electron chi connectivity index (χ3n) is 3.88.